The van der Waals surface area contributed by atoms with Crippen molar-refractivity contribution in [3.05, 3.63) is 29.8 Å². The third-order valence-electron chi connectivity index (χ3n) is 2.07. The molecular weight excluding hydrogens is 164 g/mol. The van der Waals surface area contributed by atoms with Crippen LogP contribution in [0.5, 0.6) is 0 Å². The minimum Gasteiger partial charge on any atom is -0.388 e. The Labute approximate surface area is 78.9 Å². The monoisotopic (exact) mass is 180 g/mol. The van der Waals surface area contributed by atoms with Crippen molar-refractivity contribution in [3.63, 3.8) is 0 Å². The highest BCUT2D eigenvalue weighted by molar-refractivity contribution is 5.44. The van der Waals surface area contributed by atoms with E-state index in [1.165, 1.54) is 0 Å². The Bertz CT molecular complexity index is 242. The van der Waals surface area contributed by atoms with Gasteiger partial charge in [-0.2, -0.15) is 0 Å². The van der Waals surface area contributed by atoms with Gasteiger partial charge in [0.2, 0.25) is 0 Å². The Morgan fingerprint density at radius 3 is 2.38 bits per heavy atom. The van der Waals surface area contributed by atoms with E-state index >= 15 is 0 Å². The van der Waals surface area contributed by atoms with Crippen LogP contribution in [0.15, 0.2) is 24.3 Å². The molecule has 0 aliphatic rings. The number of ether oxygens (including phenoxy) is 1. The van der Waals surface area contributed by atoms with Crippen molar-refractivity contribution in [2.75, 3.05) is 26.0 Å². The van der Waals surface area contributed by atoms with Gasteiger partial charge in [-0.05, 0) is 17.7 Å². The molecule has 3 heteroatoms. The van der Waals surface area contributed by atoms with Crippen molar-refractivity contribution in [3.8, 4) is 0 Å². The molecule has 0 saturated heterocycles. The van der Waals surface area contributed by atoms with Gasteiger partial charge >= 0.3 is 0 Å². The predicted octanol–water partition coefficient (Wildman–Crippen LogP) is 1.37. The van der Waals surface area contributed by atoms with Gasteiger partial charge in [-0.25, -0.2) is 0 Å². The molecule has 3 N–H and O–H groups in total. The van der Waals surface area contributed by atoms with Gasteiger partial charge in [0.1, 0.15) is 0 Å². The van der Waals surface area contributed by atoms with Crippen molar-refractivity contribution in [2.24, 2.45) is 5.73 Å². The maximum atomic E-state index is 5.55. The molecule has 0 spiro atoms. The molecule has 1 aromatic rings. The largest absolute Gasteiger partial charge is 0.388 e. The molecule has 0 aromatic heterocycles. The minimum absolute atomic E-state index is 0.00547. The molecule has 0 aliphatic heterocycles. The molecular formula is C10H16N2O. The number of nitrogens with two attached hydrogens (primary N) is 1. The van der Waals surface area contributed by atoms with Crippen LogP contribution in [0.2, 0.25) is 0 Å². The number of anilines is 1. The highest BCUT2D eigenvalue weighted by Gasteiger charge is 2.06. The average Bonchev–Trinajstić information content (AvgIpc) is 2.21. The smallest absolute Gasteiger partial charge is 0.0943 e. The molecule has 0 amide bonds. The van der Waals surface area contributed by atoms with Crippen LogP contribution in [0.3, 0.4) is 0 Å². The topological polar surface area (TPSA) is 47.3 Å². The first-order valence-corrected chi connectivity index (χ1v) is 4.32. The quantitative estimate of drug-likeness (QED) is 0.735. The van der Waals surface area contributed by atoms with Crippen LogP contribution >= 0.6 is 0 Å². The summed E-state index contributed by atoms with van der Waals surface area (Å²) in [7, 11) is 3.56. The maximum Gasteiger partial charge on any atom is 0.0943 e. The zero-order chi connectivity index (χ0) is 9.68. The van der Waals surface area contributed by atoms with Crippen molar-refractivity contribution in [1.82, 2.24) is 0 Å². The van der Waals surface area contributed by atoms with Gasteiger partial charge in [-0.1, -0.05) is 12.1 Å². The second-order valence-electron chi connectivity index (χ2n) is 2.83. The number of methoxy groups -OCH3 is 1. The van der Waals surface area contributed by atoms with Crippen molar-refractivity contribution >= 4 is 5.69 Å². The zero-order valence-corrected chi connectivity index (χ0v) is 8.08. The lowest BCUT2D eigenvalue weighted by atomic mass is 10.1. The van der Waals surface area contributed by atoms with E-state index in [2.05, 4.69) is 5.32 Å². The number of benzene rings is 1. The molecule has 1 aromatic carbocycles. The summed E-state index contributed by atoms with van der Waals surface area (Å²) in [5.41, 5.74) is 7.75. The fourth-order valence-corrected chi connectivity index (χ4v) is 1.23. The van der Waals surface area contributed by atoms with Crippen LogP contribution < -0.4 is 11.1 Å². The molecule has 0 radical (unpaired) electrons. The molecule has 3 nitrogen and oxygen atoms in total. The predicted molar refractivity (Wildman–Crippen MR) is 54.8 cm³/mol. The second-order valence-corrected chi connectivity index (χ2v) is 2.83. The summed E-state index contributed by atoms with van der Waals surface area (Å²) in [6.45, 7) is 0.509. The van der Waals surface area contributed by atoms with E-state index in [4.69, 9.17) is 10.5 Å². The lowest BCUT2D eigenvalue weighted by Crippen LogP contribution is -2.13. The molecule has 1 unspecified atom stereocenters. The summed E-state index contributed by atoms with van der Waals surface area (Å²) in [5.74, 6) is 0. The molecule has 72 valence electrons. The second kappa shape index (κ2) is 4.84. The van der Waals surface area contributed by atoms with Crippen LogP contribution in [0.4, 0.5) is 5.69 Å². The first-order valence-electron chi connectivity index (χ1n) is 4.32. The van der Waals surface area contributed by atoms with Crippen LogP contribution in [0.25, 0.3) is 0 Å². The van der Waals surface area contributed by atoms with E-state index in [1.807, 2.05) is 31.3 Å². The Kier molecular flexibility index (Phi) is 3.73. The van der Waals surface area contributed by atoms with Gasteiger partial charge in [-0.15, -0.1) is 0 Å². The fourth-order valence-electron chi connectivity index (χ4n) is 1.23. The Morgan fingerprint density at radius 1 is 1.38 bits per heavy atom. The zero-order valence-electron chi connectivity index (χ0n) is 8.08. The summed E-state index contributed by atoms with van der Waals surface area (Å²) < 4.78 is 5.21. The summed E-state index contributed by atoms with van der Waals surface area (Å²) in [5, 5.41) is 3.06. The number of hydrogen-bond acceptors (Lipinski definition) is 3. The van der Waals surface area contributed by atoms with E-state index < -0.39 is 0 Å². The standard InChI is InChI=1S/C10H16N2O/c1-12-9-5-3-8(4-6-9)10(7-11)13-2/h3-6,10,12H,7,11H2,1-2H3. The van der Waals surface area contributed by atoms with Gasteiger partial charge in [0, 0.05) is 26.4 Å². The summed E-state index contributed by atoms with van der Waals surface area (Å²) in [6, 6.07) is 8.06. The molecule has 1 atom stereocenters. The van der Waals surface area contributed by atoms with E-state index in [1.54, 1.807) is 7.11 Å². The maximum absolute atomic E-state index is 5.55. The number of rotatable bonds is 4. The minimum atomic E-state index is 0.00547. The summed E-state index contributed by atoms with van der Waals surface area (Å²) >= 11 is 0. The lowest BCUT2D eigenvalue weighted by Gasteiger charge is -2.13. The highest BCUT2D eigenvalue weighted by Crippen LogP contribution is 2.17. The Morgan fingerprint density at radius 2 is 2.00 bits per heavy atom. The van der Waals surface area contributed by atoms with E-state index in [9.17, 15) is 0 Å². The van der Waals surface area contributed by atoms with Crippen molar-refractivity contribution in [2.45, 2.75) is 6.10 Å². The third kappa shape index (κ3) is 2.44. The fraction of sp³-hybridized carbons (Fsp3) is 0.400. The number of hydrogen-bond donors (Lipinski definition) is 2. The Balaban J connectivity index is 2.78. The highest BCUT2D eigenvalue weighted by atomic mass is 16.5. The van der Waals surface area contributed by atoms with Crippen molar-refractivity contribution in [1.29, 1.82) is 0 Å². The van der Waals surface area contributed by atoms with Gasteiger partial charge in [0.25, 0.3) is 0 Å². The molecule has 0 fully saturated rings. The molecule has 0 heterocycles. The van der Waals surface area contributed by atoms with Gasteiger partial charge in [0.15, 0.2) is 0 Å². The normalized spacial score (nSPS) is 12.5. The molecule has 13 heavy (non-hydrogen) atoms. The first-order chi connectivity index (χ1) is 6.31. The number of nitrogens with one attached hydrogen (secondary N) is 1. The molecule has 0 aliphatic carbocycles. The van der Waals surface area contributed by atoms with Crippen LogP contribution in [0.1, 0.15) is 11.7 Å². The SMILES string of the molecule is CNc1ccc(C(CN)OC)cc1. The van der Waals surface area contributed by atoms with E-state index in [0.717, 1.165) is 11.3 Å². The summed E-state index contributed by atoms with van der Waals surface area (Å²) in [4.78, 5) is 0. The molecule has 0 bridgehead atoms. The van der Waals surface area contributed by atoms with E-state index in [-0.39, 0.29) is 6.10 Å². The van der Waals surface area contributed by atoms with Crippen molar-refractivity contribution < 1.29 is 4.74 Å². The van der Waals surface area contributed by atoms with E-state index in [0.29, 0.717) is 6.54 Å². The Hall–Kier alpha value is -1.06. The van der Waals surface area contributed by atoms with Gasteiger partial charge in [-0.3, -0.25) is 0 Å². The van der Waals surface area contributed by atoms with Gasteiger partial charge < -0.3 is 15.8 Å². The molecule has 1 rings (SSSR count). The third-order valence-corrected chi connectivity index (χ3v) is 2.07. The van der Waals surface area contributed by atoms with Crippen LogP contribution in [-0.2, 0) is 4.74 Å². The van der Waals surface area contributed by atoms with Gasteiger partial charge in [0.05, 0.1) is 6.10 Å². The molecule has 0 saturated carbocycles. The summed E-state index contributed by atoms with van der Waals surface area (Å²) in [6.07, 6.45) is 0.00547. The first kappa shape index (κ1) is 10.0. The van der Waals surface area contributed by atoms with Crippen LogP contribution in [0, 0.1) is 0 Å². The van der Waals surface area contributed by atoms with Crippen LogP contribution in [-0.4, -0.2) is 20.7 Å². The average molecular weight is 180 g/mol. The lowest BCUT2D eigenvalue weighted by molar-refractivity contribution is 0.110.